The zero-order chi connectivity index (χ0) is 12.3. The van der Waals surface area contributed by atoms with Crippen molar-refractivity contribution in [1.82, 2.24) is 9.88 Å². The van der Waals surface area contributed by atoms with Crippen LogP contribution >= 0.6 is 0 Å². The second kappa shape index (κ2) is 5.47. The van der Waals surface area contributed by atoms with Crippen LogP contribution < -0.4 is 10.5 Å². The predicted molar refractivity (Wildman–Crippen MR) is 67.9 cm³/mol. The molecule has 1 unspecified atom stereocenters. The number of hydrogen-bond acceptors (Lipinski definition) is 4. The Kier molecular flexibility index (Phi) is 3.97. The fourth-order valence-corrected chi connectivity index (χ4v) is 2.52. The lowest BCUT2D eigenvalue weighted by Gasteiger charge is -2.32. The molecular formula is C13H21N3O. The lowest BCUT2D eigenvalue weighted by atomic mass is 9.96. The van der Waals surface area contributed by atoms with Crippen LogP contribution in [0.4, 0.5) is 0 Å². The molecule has 2 N–H and O–H groups in total. The van der Waals surface area contributed by atoms with E-state index in [1.165, 1.54) is 24.8 Å². The highest BCUT2D eigenvalue weighted by Gasteiger charge is 2.21. The van der Waals surface area contributed by atoms with Crippen LogP contribution in [0.1, 0.15) is 36.4 Å². The smallest absolute Gasteiger partial charge is 0.217 e. The van der Waals surface area contributed by atoms with E-state index in [0.717, 1.165) is 12.1 Å². The molecule has 0 aromatic carbocycles. The molecular weight excluding hydrogens is 214 g/mol. The van der Waals surface area contributed by atoms with Crippen molar-refractivity contribution < 1.29 is 4.74 Å². The molecule has 1 aliphatic heterocycles. The molecule has 4 heteroatoms. The van der Waals surface area contributed by atoms with Gasteiger partial charge in [0.15, 0.2) is 0 Å². The van der Waals surface area contributed by atoms with Crippen LogP contribution in [0.5, 0.6) is 5.88 Å². The van der Waals surface area contributed by atoms with E-state index in [2.05, 4.69) is 23.0 Å². The molecule has 1 aliphatic rings. The van der Waals surface area contributed by atoms with Crippen molar-refractivity contribution in [2.24, 2.45) is 5.73 Å². The van der Waals surface area contributed by atoms with E-state index in [-0.39, 0.29) is 0 Å². The second-order valence-electron chi connectivity index (χ2n) is 4.63. The first-order chi connectivity index (χ1) is 8.26. The van der Waals surface area contributed by atoms with Gasteiger partial charge in [-0.25, -0.2) is 4.98 Å². The monoisotopic (exact) mass is 235 g/mol. The molecule has 0 amide bonds. The van der Waals surface area contributed by atoms with Crippen molar-refractivity contribution in [2.75, 3.05) is 20.7 Å². The van der Waals surface area contributed by atoms with Gasteiger partial charge >= 0.3 is 0 Å². The summed E-state index contributed by atoms with van der Waals surface area (Å²) in [5.41, 5.74) is 7.97. The van der Waals surface area contributed by atoms with Crippen molar-refractivity contribution in [3.63, 3.8) is 0 Å². The third-order valence-electron chi connectivity index (χ3n) is 3.51. The van der Waals surface area contributed by atoms with Gasteiger partial charge in [-0.05, 0) is 38.1 Å². The van der Waals surface area contributed by atoms with E-state index >= 15 is 0 Å². The number of aromatic nitrogens is 1. The van der Waals surface area contributed by atoms with Crippen LogP contribution in [0, 0.1) is 0 Å². The van der Waals surface area contributed by atoms with Crippen molar-refractivity contribution in [1.29, 1.82) is 0 Å². The van der Waals surface area contributed by atoms with Gasteiger partial charge in [0.25, 0.3) is 0 Å². The first-order valence-electron chi connectivity index (χ1n) is 6.19. The zero-order valence-corrected chi connectivity index (χ0v) is 10.6. The lowest BCUT2D eigenvalue weighted by molar-refractivity contribution is 0.187. The molecule has 1 aromatic rings. The van der Waals surface area contributed by atoms with Gasteiger partial charge < -0.3 is 10.5 Å². The van der Waals surface area contributed by atoms with E-state index in [1.54, 1.807) is 7.11 Å². The minimum absolute atomic E-state index is 0.473. The molecule has 4 nitrogen and oxygen atoms in total. The number of pyridine rings is 1. The van der Waals surface area contributed by atoms with E-state index < -0.39 is 0 Å². The topological polar surface area (TPSA) is 51.4 Å². The Morgan fingerprint density at radius 1 is 1.53 bits per heavy atom. The summed E-state index contributed by atoms with van der Waals surface area (Å²) in [6.45, 7) is 1.63. The largest absolute Gasteiger partial charge is 0.481 e. The maximum absolute atomic E-state index is 5.73. The normalized spacial score (nSPS) is 21.5. The van der Waals surface area contributed by atoms with Crippen LogP contribution in [-0.2, 0) is 6.54 Å². The van der Waals surface area contributed by atoms with Crippen LogP contribution in [0.25, 0.3) is 0 Å². The third-order valence-corrected chi connectivity index (χ3v) is 3.51. The Balaban J connectivity index is 2.25. The molecule has 0 saturated carbocycles. The van der Waals surface area contributed by atoms with E-state index in [0.29, 0.717) is 18.5 Å². The molecule has 2 heterocycles. The van der Waals surface area contributed by atoms with Gasteiger partial charge in [0.1, 0.15) is 0 Å². The molecule has 1 aromatic heterocycles. The van der Waals surface area contributed by atoms with E-state index in [9.17, 15) is 0 Å². The summed E-state index contributed by atoms with van der Waals surface area (Å²) in [6, 6.07) is 2.62. The van der Waals surface area contributed by atoms with Crippen LogP contribution in [0.2, 0.25) is 0 Å². The van der Waals surface area contributed by atoms with Crippen LogP contribution in [-0.4, -0.2) is 30.6 Å². The molecule has 94 valence electrons. The van der Waals surface area contributed by atoms with Gasteiger partial charge in [0.2, 0.25) is 5.88 Å². The summed E-state index contributed by atoms with van der Waals surface area (Å²) in [5.74, 6) is 0.648. The number of piperidine rings is 1. The van der Waals surface area contributed by atoms with Crippen molar-refractivity contribution in [3.8, 4) is 5.88 Å². The number of nitrogens with two attached hydrogens (primary N) is 1. The van der Waals surface area contributed by atoms with E-state index in [1.807, 2.05) is 6.20 Å². The van der Waals surface area contributed by atoms with E-state index in [4.69, 9.17) is 10.5 Å². The number of hydrogen-bond donors (Lipinski definition) is 1. The Labute approximate surface area is 103 Å². The first-order valence-corrected chi connectivity index (χ1v) is 6.19. The zero-order valence-electron chi connectivity index (χ0n) is 10.6. The molecule has 0 spiro atoms. The quantitative estimate of drug-likeness (QED) is 0.866. The van der Waals surface area contributed by atoms with Gasteiger partial charge in [0, 0.05) is 24.3 Å². The highest BCUT2D eigenvalue weighted by molar-refractivity contribution is 5.31. The number of ether oxygens (including phenoxy) is 1. The molecule has 17 heavy (non-hydrogen) atoms. The first kappa shape index (κ1) is 12.3. The minimum Gasteiger partial charge on any atom is -0.481 e. The second-order valence-corrected chi connectivity index (χ2v) is 4.63. The number of nitrogens with zero attached hydrogens (tertiary/aromatic N) is 2. The fourth-order valence-electron chi connectivity index (χ4n) is 2.52. The minimum atomic E-state index is 0.473. The van der Waals surface area contributed by atoms with Crippen LogP contribution in [0.3, 0.4) is 0 Å². The SMILES string of the molecule is COc1ncc(C2CCCCN2C)cc1CN. The molecule has 0 aliphatic carbocycles. The summed E-state index contributed by atoms with van der Waals surface area (Å²) >= 11 is 0. The Morgan fingerprint density at radius 2 is 2.35 bits per heavy atom. The Hall–Kier alpha value is -1.13. The van der Waals surface area contributed by atoms with Crippen molar-refractivity contribution in [3.05, 3.63) is 23.4 Å². The standard InChI is InChI=1S/C13H21N3O/c1-16-6-4-3-5-12(16)11-7-10(8-14)13(17-2)15-9-11/h7,9,12H,3-6,8,14H2,1-2H3. The predicted octanol–water partition coefficient (Wildman–Crippen LogP) is 1.71. The van der Waals surface area contributed by atoms with Gasteiger partial charge in [0.05, 0.1) is 7.11 Å². The molecule has 2 rings (SSSR count). The number of rotatable bonds is 3. The molecule has 1 atom stereocenters. The van der Waals surface area contributed by atoms with Gasteiger partial charge in [-0.2, -0.15) is 0 Å². The van der Waals surface area contributed by atoms with Crippen LogP contribution in [0.15, 0.2) is 12.3 Å². The number of methoxy groups -OCH3 is 1. The third kappa shape index (κ3) is 2.58. The van der Waals surface area contributed by atoms with Crippen molar-refractivity contribution >= 4 is 0 Å². The highest BCUT2D eigenvalue weighted by atomic mass is 16.5. The summed E-state index contributed by atoms with van der Waals surface area (Å²) < 4.78 is 5.20. The average molecular weight is 235 g/mol. The highest BCUT2D eigenvalue weighted by Crippen LogP contribution is 2.30. The molecule has 1 saturated heterocycles. The average Bonchev–Trinajstić information content (AvgIpc) is 2.38. The van der Waals surface area contributed by atoms with Crippen molar-refractivity contribution in [2.45, 2.75) is 31.8 Å². The van der Waals surface area contributed by atoms with Gasteiger partial charge in [-0.15, -0.1) is 0 Å². The molecule has 0 bridgehead atoms. The maximum atomic E-state index is 5.73. The number of likely N-dealkylation sites (tertiary alicyclic amines) is 1. The summed E-state index contributed by atoms with van der Waals surface area (Å²) in [4.78, 5) is 6.74. The fraction of sp³-hybridized carbons (Fsp3) is 0.615. The summed E-state index contributed by atoms with van der Waals surface area (Å²) in [7, 11) is 3.81. The molecule has 0 radical (unpaired) electrons. The Bertz CT molecular complexity index is 381. The van der Waals surface area contributed by atoms with Gasteiger partial charge in [-0.3, -0.25) is 4.90 Å². The lowest BCUT2D eigenvalue weighted by Crippen LogP contribution is -2.29. The maximum Gasteiger partial charge on any atom is 0.217 e. The summed E-state index contributed by atoms with van der Waals surface area (Å²) in [6.07, 6.45) is 5.71. The summed E-state index contributed by atoms with van der Waals surface area (Å²) in [5, 5.41) is 0. The molecule has 1 fully saturated rings. The van der Waals surface area contributed by atoms with Gasteiger partial charge in [-0.1, -0.05) is 6.42 Å². The Morgan fingerprint density at radius 3 is 3.00 bits per heavy atom.